The Bertz CT molecular complexity index is 1030. The van der Waals surface area contributed by atoms with Crippen LogP contribution in [-0.4, -0.2) is 34.9 Å². The summed E-state index contributed by atoms with van der Waals surface area (Å²) >= 11 is 0. The van der Waals surface area contributed by atoms with Gasteiger partial charge in [0.2, 0.25) is 0 Å². The summed E-state index contributed by atoms with van der Waals surface area (Å²) in [5.41, 5.74) is 1.67. The molecule has 0 aliphatic heterocycles. The zero-order valence-corrected chi connectivity index (χ0v) is 15.0. The van der Waals surface area contributed by atoms with Crippen LogP contribution in [0.4, 0.5) is 5.69 Å². The zero-order chi connectivity index (χ0) is 20.1. The number of amides is 1. The van der Waals surface area contributed by atoms with E-state index in [2.05, 4.69) is 10.3 Å². The van der Waals surface area contributed by atoms with Gasteiger partial charge in [-0.3, -0.25) is 19.9 Å². The average Bonchev–Trinajstić information content (AvgIpc) is 2.72. The van der Waals surface area contributed by atoms with E-state index in [0.29, 0.717) is 11.1 Å². The molecule has 3 rings (SSSR count). The van der Waals surface area contributed by atoms with Crippen molar-refractivity contribution in [2.24, 2.45) is 0 Å². The molecule has 28 heavy (non-hydrogen) atoms. The SMILES string of the molecule is COC(=O)[C@H](Cc1ccc([N+](=O)[O-])cc1)NC(=O)c1cnc2ccccc2c1. The molecule has 8 nitrogen and oxygen atoms in total. The molecule has 0 unspecified atom stereocenters. The summed E-state index contributed by atoms with van der Waals surface area (Å²) in [5, 5.41) is 14.2. The first-order chi connectivity index (χ1) is 13.5. The van der Waals surface area contributed by atoms with Gasteiger partial charge >= 0.3 is 5.97 Å². The van der Waals surface area contributed by atoms with Crippen molar-refractivity contribution in [3.63, 3.8) is 0 Å². The van der Waals surface area contributed by atoms with Crippen LogP contribution in [0.1, 0.15) is 15.9 Å². The summed E-state index contributed by atoms with van der Waals surface area (Å²) in [4.78, 5) is 39.2. The molecule has 0 saturated carbocycles. The van der Waals surface area contributed by atoms with Crippen LogP contribution in [0.5, 0.6) is 0 Å². The molecule has 0 fully saturated rings. The zero-order valence-electron chi connectivity index (χ0n) is 15.0. The van der Waals surface area contributed by atoms with E-state index in [0.717, 1.165) is 10.9 Å². The number of non-ortho nitro benzene ring substituents is 1. The van der Waals surface area contributed by atoms with Crippen molar-refractivity contribution < 1.29 is 19.2 Å². The number of hydrogen-bond acceptors (Lipinski definition) is 6. The Morgan fingerprint density at radius 3 is 2.57 bits per heavy atom. The number of nitro groups is 1. The number of pyridine rings is 1. The number of fused-ring (bicyclic) bond motifs is 1. The van der Waals surface area contributed by atoms with Crippen molar-refractivity contribution in [2.45, 2.75) is 12.5 Å². The number of carbonyl (C=O) groups is 2. The summed E-state index contributed by atoms with van der Waals surface area (Å²) in [5.74, 6) is -1.07. The fraction of sp³-hybridized carbons (Fsp3) is 0.150. The van der Waals surface area contributed by atoms with Crippen LogP contribution in [0, 0.1) is 10.1 Å². The summed E-state index contributed by atoms with van der Waals surface area (Å²) in [7, 11) is 1.23. The molecule has 142 valence electrons. The maximum absolute atomic E-state index is 12.6. The van der Waals surface area contributed by atoms with Gasteiger partial charge in [-0.2, -0.15) is 0 Å². The van der Waals surface area contributed by atoms with Crippen molar-refractivity contribution in [3.05, 3.63) is 82.0 Å². The summed E-state index contributed by atoms with van der Waals surface area (Å²) < 4.78 is 4.78. The first-order valence-corrected chi connectivity index (χ1v) is 8.45. The molecule has 8 heteroatoms. The topological polar surface area (TPSA) is 111 Å². The van der Waals surface area contributed by atoms with Crippen molar-refractivity contribution in [3.8, 4) is 0 Å². The van der Waals surface area contributed by atoms with E-state index in [1.165, 1.54) is 37.6 Å². The molecule has 2 aromatic carbocycles. The molecule has 1 atom stereocenters. The number of hydrogen-bond donors (Lipinski definition) is 1. The third-order valence-electron chi connectivity index (χ3n) is 4.23. The van der Waals surface area contributed by atoms with E-state index >= 15 is 0 Å². The second-order valence-corrected chi connectivity index (χ2v) is 6.09. The van der Waals surface area contributed by atoms with Gasteiger partial charge in [-0.25, -0.2) is 4.79 Å². The molecule has 0 saturated heterocycles. The van der Waals surface area contributed by atoms with Gasteiger partial charge in [-0.1, -0.05) is 30.3 Å². The number of esters is 1. The predicted octanol–water partition coefficient (Wildman–Crippen LogP) is 2.66. The second kappa shape index (κ2) is 8.26. The molecule has 0 radical (unpaired) electrons. The number of nitrogens with one attached hydrogen (secondary N) is 1. The smallest absolute Gasteiger partial charge is 0.328 e. The van der Waals surface area contributed by atoms with Crippen molar-refractivity contribution >= 4 is 28.5 Å². The highest BCUT2D eigenvalue weighted by molar-refractivity contribution is 5.99. The fourth-order valence-electron chi connectivity index (χ4n) is 2.76. The molecule has 1 amide bonds. The van der Waals surface area contributed by atoms with E-state index in [4.69, 9.17) is 4.74 Å². The standard InChI is InChI=1S/C20H17N3O5/c1-28-20(25)18(10-13-6-8-16(9-7-13)23(26)27)22-19(24)15-11-14-4-2-3-5-17(14)21-12-15/h2-9,11-12,18H,10H2,1H3,(H,22,24)/t18-/m0/s1. The van der Waals surface area contributed by atoms with E-state index in [-0.39, 0.29) is 12.1 Å². The molecule has 0 spiro atoms. The minimum absolute atomic E-state index is 0.0513. The normalized spacial score (nSPS) is 11.6. The van der Waals surface area contributed by atoms with E-state index < -0.39 is 22.8 Å². The summed E-state index contributed by atoms with van der Waals surface area (Å²) in [6.07, 6.45) is 1.58. The van der Waals surface area contributed by atoms with E-state index in [1.54, 1.807) is 6.07 Å². The van der Waals surface area contributed by atoms with Crippen LogP contribution in [0.25, 0.3) is 10.9 Å². The van der Waals surface area contributed by atoms with E-state index in [1.807, 2.05) is 24.3 Å². The Labute approximate surface area is 160 Å². The van der Waals surface area contributed by atoms with Crippen LogP contribution in [0.3, 0.4) is 0 Å². The minimum Gasteiger partial charge on any atom is -0.467 e. The van der Waals surface area contributed by atoms with Gasteiger partial charge in [0.1, 0.15) is 6.04 Å². The van der Waals surface area contributed by atoms with Gasteiger partial charge in [-0.05, 0) is 17.7 Å². The fourth-order valence-corrected chi connectivity index (χ4v) is 2.76. The number of nitrogens with zero attached hydrogens (tertiary/aromatic N) is 2. The van der Waals surface area contributed by atoms with Crippen molar-refractivity contribution in [1.29, 1.82) is 0 Å². The lowest BCUT2D eigenvalue weighted by Gasteiger charge is -2.16. The number of methoxy groups -OCH3 is 1. The van der Waals surface area contributed by atoms with Gasteiger partial charge in [0.25, 0.3) is 11.6 Å². The number of ether oxygens (including phenoxy) is 1. The first-order valence-electron chi connectivity index (χ1n) is 8.45. The third kappa shape index (κ3) is 4.29. The Balaban J connectivity index is 1.78. The molecule has 0 bridgehead atoms. The number of benzene rings is 2. The molecule has 1 aromatic heterocycles. The molecular formula is C20H17N3O5. The van der Waals surface area contributed by atoms with Crippen LogP contribution in [0.2, 0.25) is 0 Å². The molecule has 3 aromatic rings. The maximum atomic E-state index is 12.6. The number of aromatic nitrogens is 1. The number of para-hydroxylation sites is 1. The van der Waals surface area contributed by atoms with Gasteiger partial charge in [0.05, 0.1) is 23.1 Å². The van der Waals surface area contributed by atoms with Gasteiger partial charge in [-0.15, -0.1) is 0 Å². The van der Waals surface area contributed by atoms with Gasteiger partial charge < -0.3 is 10.1 Å². The summed E-state index contributed by atoms with van der Waals surface area (Å²) in [6, 6.07) is 13.9. The molecular weight excluding hydrogens is 362 g/mol. The molecule has 1 heterocycles. The second-order valence-electron chi connectivity index (χ2n) is 6.09. The Hall–Kier alpha value is -3.81. The molecule has 0 aliphatic carbocycles. The lowest BCUT2D eigenvalue weighted by molar-refractivity contribution is -0.384. The quantitative estimate of drug-likeness (QED) is 0.400. The molecule has 0 aliphatic rings. The Morgan fingerprint density at radius 1 is 1.18 bits per heavy atom. The number of rotatable bonds is 6. The predicted molar refractivity (Wildman–Crippen MR) is 102 cm³/mol. The number of carbonyl (C=O) groups excluding carboxylic acids is 2. The highest BCUT2D eigenvalue weighted by Gasteiger charge is 2.23. The van der Waals surface area contributed by atoms with Crippen LogP contribution < -0.4 is 5.32 Å². The monoisotopic (exact) mass is 379 g/mol. The van der Waals surface area contributed by atoms with E-state index in [9.17, 15) is 19.7 Å². The van der Waals surface area contributed by atoms with Crippen LogP contribution in [-0.2, 0) is 16.0 Å². The lowest BCUT2D eigenvalue weighted by atomic mass is 10.0. The van der Waals surface area contributed by atoms with Gasteiger partial charge in [0.15, 0.2) is 0 Å². The Kier molecular flexibility index (Phi) is 5.59. The lowest BCUT2D eigenvalue weighted by Crippen LogP contribution is -2.43. The van der Waals surface area contributed by atoms with Crippen molar-refractivity contribution in [2.75, 3.05) is 7.11 Å². The van der Waals surface area contributed by atoms with Gasteiger partial charge in [0, 0.05) is 30.1 Å². The molecule has 1 N–H and O–H groups in total. The van der Waals surface area contributed by atoms with Crippen LogP contribution in [0.15, 0.2) is 60.8 Å². The minimum atomic E-state index is -0.939. The Morgan fingerprint density at radius 2 is 1.89 bits per heavy atom. The average molecular weight is 379 g/mol. The highest BCUT2D eigenvalue weighted by atomic mass is 16.6. The summed E-state index contributed by atoms with van der Waals surface area (Å²) in [6.45, 7) is 0. The van der Waals surface area contributed by atoms with Crippen LogP contribution >= 0.6 is 0 Å². The van der Waals surface area contributed by atoms with Crippen molar-refractivity contribution in [1.82, 2.24) is 10.3 Å². The highest BCUT2D eigenvalue weighted by Crippen LogP contribution is 2.15. The largest absolute Gasteiger partial charge is 0.467 e. The number of nitro benzene ring substituents is 1. The maximum Gasteiger partial charge on any atom is 0.328 e. The first kappa shape index (κ1) is 19.0. The third-order valence-corrected chi connectivity index (χ3v) is 4.23.